The highest BCUT2D eigenvalue weighted by Gasteiger charge is 2.26. The van der Waals surface area contributed by atoms with Crippen molar-refractivity contribution in [2.45, 2.75) is 18.4 Å². The molecule has 1 aliphatic rings. The van der Waals surface area contributed by atoms with Crippen molar-refractivity contribution in [1.82, 2.24) is 20.0 Å². The maximum atomic E-state index is 12.4. The molecule has 138 valence electrons. The minimum Gasteiger partial charge on any atom is -0.347 e. The summed E-state index contributed by atoms with van der Waals surface area (Å²) >= 11 is 1.75. The van der Waals surface area contributed by atoms with Gasteiger partial charge in [-0.3, -0.25) is 9.59 Å². The number of aromatic nitrogens is 2. The molecule has 2 N–H and O–H groups in total. The van der Waals surface area contributed by atoms with Crippen molar-refractivity contribution in [3.63, 3.8) is 0 Å². The Morgan fingerprint density at radius 1 is 1.27 bits per heavy atom. The fourth-order valence-electron chi connectivity index (χ4n) is 2.73. The Labute approximate surface area is 157 Å². The zero-order chi connectivity index (χ0) is 18.7. The van der Waals surface area contributed by atoms with Crippen molar-refractivity contribution >= 4 is 29.4 Å². The van der Waals surface area contributed by atoms with Crippen LogP contribution >= 0.6 is 11.8 Å². The fourth-order valence-corrected chi connectivity index (χ4v) is 3.76. The van der Waals surface area contributed by atoms with Gasteiger partial charge >= 0.3 is 11.8 Å². The van der Waals surface area contributed by atoms with Gasteiger partial charge in [0.25, 0.3) is 0 Å². The standard InChI is InChI=1S/C18H23N5O2S/c1-12-5-4-6-13(9-12)23-16(14-10-26-11-15(14)21-23)20-18(25)17(24)19-7-8-22(2)3/h4-6,9H,7-8,10-11H2,1-3H3,(H,19,24)(H,20,25). The first-order valence-electron chi connectivity index (χ1n) is 8.45. The molecule has 0 spiro atoms. The Bertz CT molecular complexity index is 831. The highest BCUT2D eigenvalue weighted by atomic mass is 32.2. The number of nitrogens with one attached hydrogen (secondary N) is 2. The van der Waals surface area contributed by atoms with Gasteiger partial charge in [0.05, 0.1) is 11.4 Å². The van der Waals surface area contributed by atoms with Crippen molar-refractivity contribution in [2.75, 3.05) is 32.5 Å². The largest absolute Gasteiger partial charge is 0.347 e. The Hall–Kier alpha value is -2.32. The van der Waals surface area contributed by atoms with Gasteiger partial charge in [0, 0.05) is 30.2 Å². The summed E-state index contributed by atoms with van der Waals surface area (Å²) in [4.78, 5) is 26.4. The molecule has 1 aromatic carbocycles. The molecule has 0 atom stereocenters. The summed E-state index contributed by atoms with van der Waals surface area (Å²) in [5.41, 5.74) is 3.92. The van der Waals surface area contributed by atoms with Crippen LogP contribution in [0.4, 0.5) is 5.82 Å². The van der Waals surface area contributed by atoms with Crippen LogP contribution in [0.3, 0.4) is 0 Å². The van der Waals surface area contributed by atoms with Gasteiger partial charge in [-0.2, -0.15) is 16.9 Å². The van der Waals surface area contributed by atoms with Crippen LogP contribution in [0.15, 0.2) is 24.3 Å². The highest BCUT2D eigenvalue weighted by Crippen LogP contribution is 2.36. The molecule has 0 fully saturated rings. The lowest BCUT2D eigenvalue weighted by atomic mass is 10.2. The summed E-state index contributed by atoms with van der Waals surface area (Å²) in [6.45, 7) is 3.10. The topological polar surface area (TPSA) is 79.3 Å². The van der Waals surface area contributed by atoms with Crippen molar-refractivity contribution in [3.05, 3.63) is 41.1 Å². The smallest absolute Gasteiger partial charge is 0.314 e. The first-order valence-corrected chi connectivity index (χ1v) is 9.60. The van der Waals surface area contributed by atoms with E-state index >= 15 is 0 Å². The van der Waals surface area contributed by atoms with Crippen LogP contribution in [-0.2, 0) is 21.1 Å². The second-order valence-electron chi connectivity index (χ2n) is 6.53. The summed E-state index contributed by atoms with van der Waals surface area (Å²) in [5, 5.41) is 10.0. The predicted molar refractivity (Wildman–Crippen MR) is 103 cm³/mol. The monoisotopic (exact) mass is 373 g/mol. The molecule has 0 unspecified atom stereocenters. The van der Waals surface area contributed by atoms with Crippen LogP contribution in [0.2, 0.25) is 0 Å². The van der Waals surface area contributed by atoms with Gasteiger partial charge in [0.1, 0.15) is 5.82 Å². The number of rotatable bonds is 5. The summed E-state index contributed by atoms with van der Waals surface area (Å²) in [5.74, 6) is 0.870. The molecule has 1 aliphatic heterocycles. The number of carbonyl (C=O) groups is 2. The van der Waals surface area contributed by atoms with E-state index in [-0.39, 0.29) is 0 Å². The number of fused-ring (bicyclic) bond motifs is 1. The van der Waals surface area contributed by atoms with E-state index in [9.17, 15) is 9.59 Å². The average Bonchev–Trinajstić information content (AvgIpc) is 3.17. The third-order valence-corrected chi connectivity index (χ3v) is 5.05. The van der Waals surface area contributed by atoms with Crippen LogP contribution in [-0.4, -0.2) is 53.7 Å². The van der Waals surface area contributed by atoms with E-state index in [1.807, 2.05) is 50.2 Å². The summed E-state index contributed by atoms with van der Waals surface area (Å²) < 4.78 is 1.72. The van der Waals surface area contributed by atoms with E-state index in [1.54, 1.807) is 16.4 Å². The van der Waals surface area contributed by atoms with E-state index in [1.165, 1.54) is 0 Å². The van der Waals surface area contributed by atoms with Gasteiger partial charge in [-0.1, -0.05) is 12.1 Å². The van der Waals surface area contributed by atoms with Gasteiger partial charge in [-0.05, 0) is 38.7 Å². The predicted octanol–water partition coefficient (Wildman–Crippen LogP) is 1.54. The number of aryl methyl sites for hydroxylation is 1. The molecule has 0 bridgehead atoms. The number of anilines is 1. The third-order valence-electron chi connectivity index (χ3n) is 4.08. The van der Waals surface area contributed by atoms with E-state index in [2.05, 4.69) is 15.7 Å². The Morgan fingerprint density at radius 2 is 2.08 bits per heavy atom. The first kappa shape index (κ1) is 18.5. The number of nitrogens with zero attached hydrogens (tertiary/aromatic N) is 3. The average molecular weight is 373 g/mol. The van der Waals surface area contributed by atoms with Gasteiger partial charge in [-0.25, -0.2) is 4.68 Å². The Balaban J connectivity index is 1.81. The first-order chi connectivity index (χ1) is 12.5. The zero-order valence-corrected chi connectivity index (χ0v) is 16.0. The molecule has 0 aliphatic carbocycles. The molecule has 3 rings (SSSR count). The third kappa shape index (κ3) is 4.08. The van der Waals surface area contributed by atoms with Gasteiger partial charge in [-0.15, -0.1) is 0 Å². The Morgan fingerprint density at radius 3 is 2.81 bits per heavy atom. The minimum absolute atomic E-state index is 0.421. The second-order valence-corrected chi connectivity index (χ2v) is 7.52. The lowest BCUT2D eigenvalue weighted by Gasteiger charge is -2.12. The molecule has 0 saturated heterocycles. The van der Waals surface area contributed by atoms with Gasteiger partial charge < -0.3 is 15.5 Å². The van der Waals surface area contributed by atoms with E-state index in [0.717, 1.165) is 34.0 Å². The molecule has 8 heteroatoms. The van der Waals surface area contributed by atoms with Crippen molar-refractivity contribution in [1.29, 1.82) is 0 Å². The normalized spacial score (nSPS) is 12.9. The van der Waals surface area contributed by atoms with Crippen molar-refractivity contribution < 1.29 is 9.59 Å². The number of carbonyl (C=O) groups excluding carboxylic acids is 2. The molecule has 7 nitrogen and oxygen atoms in total. The van der Waals surface area contributed by atoms with Gasteiger partial charge in [0.15, 0.2) is 0 Å². The molecule has 2 aromatic rings. The van der Waals surface area contributed by atoms with Crippen LogP contribution in [0, 0.1) is 6.92 Å². The molecular weight excluding hydrogens is 350 g/mol. The number of likely N-dealkylation sites (N-methyl/N-ethyl adjacent to an activating group) is 1. The van der Waals surface area contributed by atoms with E-state index < -0.39 is 11.8 Å². The number of hydrogen-bond donors (Lipinski definition) is 2. The van der Waals surface area contributed by atoms with Crippen LogP contribution in [0.1, 0.15) is 16.8 Å². The maximum Gasteiger partial charge on any atom is 0.314 e. The lowest BCUT2D eigenvalue weighted by Crippen LogP contribution is -2.39. The van der Waals surface area contributed by atoms with Crippen LogP contribution < -0.4 is 10.6 Å². The summed E-state index contributed by atoms with van der Waals surface area (Å²) in [6.07, 6.45) is 0. The molecular formula is C18H23N5O2S. The highest BCUT2D eigenvalue weighted by molar-refractivity contribution is 7.98. The quantitative estimate of drug-likeness (QED) is 0.778. The molecule has 2 heterocycles. The van der Waals surface area contributed by atoms with Crippen LogP contribution in [0.25, 0.3) is 5.69 Å². The Kier molecular flexibility index (Phi) is 5.63. The summed E-state index contributed by atoms with van der Waals surface area (Å²) in [6, 6.07) is 7.90. The molecule has 0 radical (unpaired) electrons. The number of benzene rings is 1. The second kappa shape index (κ2) is 7.92. The number of hydrogen-bond acceptors (Lipinski definition) is 5. The van der Waals surface area contributed by atoms with E-state index in [0.29, 0.717) is 18.9 Å². The lowest BCUT2D eigenvalue weighted by molar-refractivity contribution is -0.136. The van der Waals surface area contributed by atoms with Crippen molar-refractivity contribution in [3.8, 4) is 5.69 Å². The molecule has 0 saturated carbocycles. The van der Waals surface area contributed by atoms with Crippen molar-refractivity contribution in [2.24, 2.45) is 0 Å². The molecule has 26 heavy (non-hydrogen) atoms. The fraction of sp³-hybridized carbons (Fsp3) is 0.389. The van der Waals surface area contributed by atoms with Gasteiger partial charge in [0.2, 0.25) is 0 Å². The number of thioether (sulfide) groups is 1. The maximum absolute atomic E-state index is 12.4. The SMILES string of the molecule is Cc1cccc(-n2nc3c(c2NC(=O)C(=O)NCCN(C)C)CSC3)c1. The molecule has 2 amide bonds. The van der Waals surface area contributed by atoms with E-state index in [4.69, 9.17) is 0 Å². The van der Waals surface area contributed by atoms with Crippen LogP contribution in [0.5, 0.6) is 0 Å². The molecule has 1 aromatic heterocycles. The number of amides is 2. The minimum atomic E-state index is -0.669. The summed E-state index contributed by atoms with van der Waals surface area (Å²) in [7, 11) is 3.82. The zero-order valence-electron chi connectivity index (χ0n) is 15.2.